The van der Waals surface area contributed by atoms with Gasteiger partial charge < -0.3 is 15.5 Å². The van der Waals surface area contributed by atoms with Gasteiger partial charge in [0.05, 0.1) is 12.1 Å². The van der Waals surface area contributed by atoms with E-state index in [1.165, 1.54) is 4.90 Å². The molecule has 0 aromatic rings. The first kappa shape index (κ1) is 11.7. The van der Waals surface area contributed by atoms with E-state index >= 15 is 0 Å². The Bertz CT molecular complexity index is 197. The lowest BCUT2D eigenvalue weighted by Gasteiger charge is -2.12. The van der Waals surface area contributed by atoms with Crippen LogP contribution in [0.2, 0.25) is 0 Å². The summed E-state index contributed by atoms with van der Waals surface area (Å²) in [7, 11) is 3.36. The van der Waals surface area contributed by atoms with Crippen molar-refractivity contribution in [1.29, 1.82) is 5.26 Å². The largest absolute Gasteiger partial charge is 0.337 e. The van der Waals surface area contributed by atoms with Crippen molar-refractivity contribution < 1.29 is 4.79 Å². The SMILES string of the molecule is CC(C#N)NCCNC(=O)N(C)C. The molecule has 0 spiro atoms. The number of urea groups is 1. The highest BCUT2D eigenvalue weighted by atomic mass is 16.2. The van der Waals surface area contributed by atoms with Crippen LogP contribution in [0, 0.1) is 11.3 Å². The summed E-state index contributed by atoms with van der Waals surface area (Å²) < 4.78 is 0. The molecule has 1 unspecified atom stereocenters. The van der Waals surface area contributed by atoms with Gasteiger partial charge in [0.2, 0.25) is 0 Å². The molecule has 0 aromatic carbocycles. The number of hydrogen-bond donors (Lipinski definition) is 2. The molecule has 0 aliphatic heterocycles. The van der Waals surface area contributed by atoms with E-state index in [0.29, 0.717) is 13.1 Å². The van der Waals surface area contributed by atoms with Gasteiger partial charge in [-0.25, -0.2) is 4.79 Å². The van der Waals surface area contributed by atoms with Crippen molar-refractivity contribution in [2.45, 2.75) is 13.0 Å². The number of nitriles is 1. The van der Waals surface area contributed by atoms with Gasteiger partial charge in [-0.15, -0.1) is 0 Å². The summed E-state index contributed by atoms with van der Waals surface area (Å²) in [6.45, 7) is 2.91. The normalized spacial score (nSPS) is 11.5. The van der Waals surface area contributed by atoms with Gasteiger partial charge in [0.15, 0.2) is 0 Å². The summed E-state index contributed by atoms with van der Waals surface area (Å²) in [4.78, 5) is 12.4. The number of rotatable bonds is 4. The molecule has 0 heterocycles. The Morgan fingerprint density at radius 2 is 2.15 bits per heavy atom. The van der Waals surface area contributed by atoms with E-state index in [1.807, 2.05) is 6.07 Å². The van der Waals surface area contributed by atoms with Gasteiger partial charge in [-0.05, 0) is 6.92 Å². The van der Waals surface area contributed by atoms with Crippen LogP contribution in [0.5, 0.6) is 0 Å². The number of hydrogen-bond acceptors (Lipinski definition) is 3. The Morgan fingerprint density at radius 3 is 2.62 bits per heavy atom. The van der Waals surface area contributed by atoms with E-state index in [2.05, 4.69) is 10.6 Å². The van der Waals surface area contributed by atoms with Crippen molar-refractivity contribution in [3.8, 4) is 6.07 Å². The topological polar surface area (TPSA) is 68.2 Å². The second kappa shape index (κ2) is 6.26. The molecule has 5 nitrogen and oxygen atoms in total. The Hall–Kier alpha value is -1.28. The highest BCUT2D eigenvalue weighted by Crippen LogP contribution is 1.77. The van der Waals surface area contributed by atoms with E-state index in [-0.39, 0.29) is 12.1 Å². The predicted molar refractivity (Wildman–Crippen MR) is 50.2 cm³/mol. The minimum Gasteiger partial charge on any atom is -0.337 e. The standard InChI is InChI=1S/C8H16N4O/c1-7(6-9)10-4-5-11-8(13)12(2)3/h7,10H,4-5H2,1-3H3,(H,11,13). The zero-order valence-corrected chi connectivity index (χ0v) is 8.29. The fraction of sp³-hybridized carbons (Fsp3) is 0.750. The molecular weight excluding hydrogens is 168 g/mol. The van der Waals surface area contributed by atoms with Crippen molar-refractivity contribution in [1.82, 2.24) is 15.5 Å². The monoisotopic (exact) mass is 184 g/mol. The van der Waals surface area contributed by atoms with Gasteiger partial charge in [-0.2, -0.15) is 5.26 Å². The van der Waals surface area contributed by atoms with Crippen LogP contribution in [0.15, 0.2) is 0 Å². The highest BCUT2D eigenvalue weighted by molar-refractivity contribution is 5.73. The zero-order valence-electron chi connectivity index (χ0n) is 8.29. The van der Waals surface area contributed by atoms with Gasteiger partial charge in [-0.3, -0.25) is 0 Å². The summed E-state index contributed by atoms with van der Waals surface area (Å²) in [6, 6.07) is 1.75. The van der Waals surface area contributed by atoms with E-state index in [4.69, 9.17) is 5.26 Å². The van der Waals surface area contributed by atoms with Crippen LogP contribution in [-0.4, -0.2) is 44.2 Å². The van der Waals surface area contributed by atoms with Crippen molar-refractivity contribution in [2.75, 3.05) is 27.2 Å². The average Bonchev–Trinajstić information content (AvgIpc) is 2.11. The van der Waals surface area contributed by atoms with Crippen LogP contribution < -0.4 is 10.6 Å². The molecule has 0 bridgehead atoms. The molecule has 2 N–H and O–H groups in total. The maximum Gasteiger partial charge on any atom is 0.316 e. The maximum absolute atomic E-state index is 11.0. The summed E-state index contributed by atoms with van der Waals surface area (Å²) in [5, 5.41) is 14.0. The van der Waals surface area contributed by atoms with Crippen LogP contribution in [0.25, 0.3) is 0 Å². The van der Waals surface area contributed by atoms with E-state index in [0.717, 1.165) is 0 Å². The number of nitrogens with zero attached hydrogens (tertiary/aromatic N) is 2. The first-order valence-electron chi connectivity index (χ1n) is 4.16. The second-order valence-electron chi connectivity index (χ2n) is 2.93. The van der Waals surface area contributed by atoms with Crippen LogP contribution in [0.3, 0.4) is 0 Å². The van der Waals surface area contributed by atoms with Crippen molar-refractivity contribution in [3.05, 3.63) is 0 Å². The van der Waals surface area contributed by atoms with E-state index < -0.39 is 0 Å². The lowest BCUT2D eigenvalue weighted by molar-refractivity contribution is 0.217. The van der Waals surface area contributed by atoms with E-state index in [9.17, 15) is 4.79 Å². The third-order valence-electron chi connectivity index (χ3n) is 1.45. The minimum absolute atomic E-state index is 0.119. The molecule has 0 radical (unpaired) electrons. The third-order valence-corrected chi connectivity index (χ3v) is 1.45. The molecule has 0 saturated heterocycles. The highest BCUT2D eigenvalue weighted by Gasteiger charge is 2.01. The fourth-order valence-corrected chi connectivity index (χ4v) is 0.662. The quantitative estimate of drug-likeness (QED) is 0.592. The molecule has 13 heavy (non-hydrogen) atoms. The van der Waals surface area contributed by atoms with Crippen molar-refractivity contribution in [2.24, 2.45) is 0 Å². The average molecular weight is 184 g/mol. The van der Waals surface area contributed by atoms with Crippen LogP contribution in [0.4, 0.5) is 4.79 Å². The minimum atomic E-state index is -0.170. The predicted octanol–water partition coefficient (Wildman–Crippen LogP) is -0.241. The Morgan fingerprint density at radius 1 is 1.54 bits per heavy atom. The second-order valence-corrected chi connectivity index (χ2v) is 2.93. The van der Waals surface area contributed by atoms with Gasteiger partial charge >= 0.3 is 6.03 Å². The molecule has 5 heteroatoms. The summed E-state index contributed by atoms with van der Waals surface area (Å²) in [5.41, 5.74) is 0. The molecule has 0 rings (SSSR count). The molecule has 0 aromatic heterocycles. The molecule has 0 fully saturated rings. The van der Waals surface area contributed by atoms with Crippen molar-refractivity contribution in [3.63, 3.8) is 0 Å². The third kappa shape index (κ3) is 5.93. The zero-order chi connectivity index (χ0) is 10.3. The Kier molecular flexibility index (Phi) is 5.64. The van der Waals surface area contributed by atoms with Gasteiger partial charge in [-0.1, -0.05) is 0 Å². The summed E-state index contributed by atoms with van der Waals surface area (Å²) in [5.74, 6) is 0. The molecule has 0 saturated carbocycles. The van der Waals surface area contributed by atoms with Crippen molar-refractivity contribution >= 4 is 6.03 Å². The molecule has 74 valence electrons. The van der Waals surface area contributed by atoms with Gasteiger partial charge in [0.25, 0.3) is 0 Å². The summed E-state index contributed by atoms with van der Waals surface area (Å²) >= 11 is 0. The maximum atomic E-state index is 11.0. The Labute approximate surface area is 78.7 Å². The van der Waals surface area contributed by atoms with E-state index in [1.54, 1.807) is 21.0 Å². The molecular formula is C8H16N4O. The summed E-state index contributed by atoms with van der Waals surface area (Å²) in [6.07, 6.45) is 0. The molecule has 0 aliphatic rings. The number of nitrogens with one attached hydrogen (secondary N) is 2. The van der Waals surface area contributed by atoms with Crippen LogP contribution in [-0.2, 0) is 0 Å². The van der Waals surface area contributed by atoms with Crippen LogP contribution >= 0.6 is 0 Å². The van der Waals surface area contributed by atoms with Gasteiger partial charge in [0, 0.05) is 27.2 Å². The first-order valence-corrected chi connectivity index (χ1v) is 4.16. The fourth-order valence-electron chi connectivity index (χ4n) is 0.662. The Balaban J connectivity index is 3.37. The molecule has 0 aliphatic carbocycles. The smallest absolute Gasteiger partial charge is 0.316 e. The first-order chi connectivity index (χ1) is 6.07. The number of carbonyl (C=O) groups is 1. The number of amides is 2. The molecule has 2 amide bonds. The van der Waals surface area contributed by atoms with Crippen LogP contribution in [0.1, 0.15) is 6.92 Å². The lowest BCUT2D eigenvalue weighted by Crippen LogP contribution is -2.39. The molecule has 1 atom stereocenters. The number of carbonyl (C=O) groups excluding carboxylic acids is 1. The van der Waals surface area contributed by atoms with Gasteiger partial charge in [0.1, 0.15) is 0 Å². The lowest BCUT2D eigenvalue weighted by atomic mass is 10.4.